The van der Waals surface area contributed by atoms with Crippen LogP contribution in [0.1, 0.15) is 48.0 Å². The highest BCUT2D eigenvalue weighted by Gasteiger charge is 2.16. The highest BCUT2D eigenvalue weighted by Crippen LogP contribution is 2.23. The van der Waals surface area contributed by atoms with E-state index in [0.717, 1.165) is 34.6 Å². The molecule has 2 aromatic carbocycles. The van der Waals surface area contributed by atoms with Gasteiger partial charge in [0.2, 0.25) is 0 Å². The van der Waals surface area contributed by atoms with E-state index in [-0.39, 0.29) is 17.5 Å². The lowest BCUT2D eigenvalue weighted by molar-refractivity contribution is -0.117. The summed E-state index contributed by atoms with van der Waals surface area (Å²) in [6.45, 7) is 8.08. The third kappa shape index (κ3) is 4.52. The van der Waals surface area contributed by atoms with Crippen LogP contribution < -0.4 is 5.32 Å². The molecule has 152 valence electrons. The number of hydrogen-bond donors (Lipinski definition) is 1. The van der Waals surface area contributed by atoms with Crippen LogP contribution in [0.25, 0.3) is 11.8 Å². The first-order chi connectivity index (χ1) is 14.4. The van der Waals surface area contributed by atoms with Crippen molar-refractivity contribution in [1.29, 1.82) is 5.26 Å². The van der Waals surface area contributed by atoms with Crippen LogP contribution >= 0.6 is 0 Å². The minimum Gasteiger partial charge on any atom is -0.345 e. The normalized spacial score (nSPS) is 12.3. The molecule has 3 rings (SSSR count). The topological polar surface area (TPSA) is 57.8 Å². The molecule has 0 spiro atoms. The Morgan fingerprint density at radius 2 is 1.80 bits per heavy atom. The molecule has 0 radical (unpaired) electrons. The minimum atomic E-state index is -0.369. The van der Waals surface area contributed by atoms with Crippen molar-refractivity contribution in [3.63, 3.8) is 0 Å². The van der Waals surface area contributed by atoms with Crippen molar-refractivity contribution in [3.8, 4) is 11.8 Å². The number of hydrogen-bond acceptors (Lipinski definition) is 2. The molecule has 0 aliphatic carbocycles. The fraction of sp³-hybridized carbons (Fsp3) is 0.231. The van der Waals surface area contributed by atoms with Gasteiger partial charge in [0.25, 0.3) is 5.91 Å². The maximum atomic E-state index is 12.7. The first-order valence-corrected chi connectivity index (χ1v) is 10.2. The van der Waals surface area contributed by atoms with Crippen molar-refractivity contribution in [1.82, 2.24) is 9.88 Å². The zero-order valence-electron chi connectivity index (χ0n) is 17.9. The summed E-state index contributed by atoms with van der Waals surface area (Å²) >= 11 is 0. The van der Waals surface area contributed by atoms with Crippen molar-refractivity contribution in [2.24, 2.45) is 0 Å². The Hall–Kier alpha value is -3.58. The lowest BCUT2D eigenvalue weighted by Gasteiger charge is -2.13. The van der Waals surface area contributed by atoms with Crippen LogP contribution in [0.4, 0.5) is 0 Å². The summed E-state index contributed by atoms with van der Waals surface area (Å²) < 4.78 is 2.14. The zero-order valence-corrected chi connectivity index (χ0v) is 17.9. The Labute approximate surface area is 178 Å². The number of nitriles is 1. The molecule has 0 bridgehead atoms. The molecule has 1 heterocycles. The number of rotatable bonds is 6. The molecule has 1 N–H and O–H groups in total. The van der Waals surface area contributed by atoms with Crippen LogP contribution in [-0.2, 0) is 11.2 Å². The van der Waals surface area contributed by atoms with E-state index < -0.39 is 0 Å². The smallest absolute Gasteiger partial charge is 0.262 e. The van der Waals surface area contributed by atoms with Gasteiger partial charge in [-0.3, -0.25) is 4.79 Å². The van der Waals surface area contributed by atoms with E-state index in [0.29, 0.717) is 0 Å². The average molecular weight is 398 g/mol. The van der Waals surface area contributed by atoms with Crippen LogP contribution in [0, 0.1) is 25.2 Å². The summed E-state index contributed by atoms with van der Waals surface area (Å²) in [6.07, 6.45) is 2.67. The molecule has 0 aliphatic heterocycles. The number of carbonyl (C=O) groups excluding carboxylic acids is 1. The molecule has 30 heavy (non-hydrogen) atoms. The van der Waals surface area contributed by atoms with Crippen LogP contribution in [0.5, 0.6) is 0 Å². The molecule has 1 amide bonds. The zero-order chi connectivity index (χ0) is 21.7. The average Bonchev–Trinajstić information content (AvgIpc) is 3.05. The highest BCUT2D eigenvalue weighted by atomic mass is 16.1. The Kier molecular flexibility index (Phi) is 6.54. The maximum absolute atomic E-state index is 12.7. The second-order valence-corrected chi connectivity index (χ2v) is 7.46. The molecule has 0 unspecified atom stereocenters. The standard InChI is InChI=1S/C26H27N3O/c1-5-21-11-13-25(14-12-21)29-18(2)15-23(20(29)4)16-24(17-27)26(30)28-19(3)22-9-7-6-8-10-22/h6-16,19H,5H2,1-4H3,(H,28,30)/b24-16-/t19-/m1/s1. The molecule has 3 aromatic rings. The van der Waals surface area contributed by atoms with E-state index in [1.54, 1.807) is 6.08 Å². The van der Waals surface area contributed by atoms with Crippen LogP contribution in [0.15, 0.2) is 66.2 Å². The van der Waals surface area contributed by atoms with Gasteiger partial charge >= 0.3 is 0 Å². The van der Waals surface area contributed by atoms with E-state index in [1.807, 2.05) is 57.2 Å². The molecule has 1 atom stereocenters. The first kappa shape index (κ1) is 21.1. The van der Waals surface area contributed by atoms with Crippen molar-refractivity contribution in [3.05, 3.63) is 94.3 Å². The number of aryl methyl sites for hydroxylation is 2. The number of nitrogens with one attached hydrogen (secondary N) is 1. The molecule has 4 nitrogen and oxygen atoms in total. The Bertz CT molecular complexity index is 1100. The summed E-state index contributed by atoms with van der Waals surface area (Å²) in [4.78, 5) is 12.7. The van der Waals surface area contributed by atoms with E-state index in [9.17, 15) is 10.1 Å². The summed E-state index contributed by atoms with van der Waals surface area (Å²) in [6, 6.07) is 22.1. The molecular weight excluding hydrogens is 370 g/mol. The third-order valence-corrected chi connectivity index (χ3v) is 5.39. The van der Waals surface area contributed by atoms with Gasteiger partial charge in [0, 0.05) is 17.1 Å². The van der Waals surface area contributed by atoms with E-state index in [2.05, 4.69) is 47.1 Å². The van der Waals surface area contributed by atoms with Crippen LogP contribution in [0.2, 0.25) is 0 Å². The molecule has 0 saturated carbocycles. The van der Waals surface area contributed by atoms with Crippen molar-refractivity contribution < 1.29 is 4.79 Å². The lowest BCUT2D eigenvalue weighted by atomic mass is 10.1. The van der Waals surface area contributed by atoms with E-state index >= 15 is 0 Å². The molecule has 0 aliphatic rings. The molecule has 0 saturated heterocycles. The van der Waals surface area contributed by atoms with Gasteiger partial charge in [-0.1, -0.05) is 49.4 Å². The van der Waals surface area contributed by atoms with Crippen LogP contribution in [0.3, 0.4) is 0 Å². The SMILES string of the molecule is CCc1ccc(-n2c(C)cc(/C=C(/C#N)C(=O)N[C@H](C)c3ccccc3)c2C)cc1. The second-order valence-electron chi connectivity index (χ2n) is 7.46. The van der Waals surface area contributed by atoms with E-state index in [4.69, 9.17) is 0 Å². The van der Waals surface area contributed by atoms with Gasteiger partial charge in [0.15, 0.2) is 0 Å². The number of carbonyl (C=O) groups is 1. The largest absolute Gasteiger partial charge is 0.345 e. The summed E-state index contributed by atoms with van der Waals surface area (Å²) in [5, 5.41) is 12.5. The van der Waals surface area contributed by atoms with Crippen molar-refractivity contribution in [2.45, 2.75) is 40.2 Å². The maximum Gasteiger partial charge on any atom is 0.262 e. The second kappa shape index (κ2) is 9.28. The van der Waals surface area contributed by atoms with Crippen LogP contribution in [-0.4, -0.2) is 10.5 Å². The van der Waals surface area contributed by atoms with Gasteiger partial charge in [-0.2, -0.15) is 5.26 Å². The molecule has 4 heteroatoms. The fourth-order valence-corrected chi connectivity index (χ4v) is 3.62. The summed E-state index contributed by atoms with van der Waals surface area (Å²) in [5.74, 6) is -0.369. The lowest BCUT2D eigenvalue weighted by Crippen LogP contribution is -2.27. The quantitative estimate of drug-likeness (QED) is 0.445. The Morgan fingerprint density at radius 3 is 2.40 bits per heavy atom. The molecule has 0 fully saturated rings. The predicted molar refractivity (Wildman–Crippen MR) is 121 cm³/mol. The van der Waals surface area contributed by atoms with Crippen molar-refractivity contribution >= 4 is 12.0 Å². The van der Waals surface area contributed by atoms with Gasteiger partial charge in [-0.25, -0.2) is 0 Å². The predicted octanol–water partition coefficient (Wildman–Crippen LogP) is 5.44. The minimum absolute atomic E-state index is 0.0966. The number of aromatic nitrogens is 1. The van der Waals surface area contributed by atoms with Gasteiger partial charge in [0.05, 0.1) is 6.04 Å². The Balaban J connectivity index is 1.87. The molecular formula is C26H27N3O. The van der Waals surface area contributed by atoms with Gasteiger partial charge in [0.1, 0.15) is 11.6 Å². The number of nitrogens with zero attached hydrogens (tertiary/aromatic N) is 2. The third-order valence-electron chi connectivity index (χ3n) is 5.39. The Morgan fingerprint density at radius 1 is 1.13 bits per heavy atom. The van der Waals surface area contributed by atoms with Gasteiger partial charge in [-0.05, 0) is 68.2 Å². The number of amides is 1. The number of benzene rings is 2. The molecule has 1 aromatic heterocycles. The summed E-state index contributed by atoms with van der Waals surface area (Å²) in [5.41, 5.74) is 6.37. The van der Waals surface area contributed by atoms with Crippen molar-refractivity contribution in [2.75, 3.05) is 0 Å². The highest BCUT2D eigenvalue weighted by molar-refractivity contribution is 6.02. The monoisotopic (exact) mass is 397 g/mol. The van der Waals surface area contributed by atoms with Gasteiger partial charge < -0.3 is 9.88 Å². The fourth-order valence-electron chi connectivity index (χ4n) is 3.62. The van der Waals surface area contributed by atoms with Gasteiger partial charge in [-0.15, -0.1) is 0 Å². The van der Waals surface area contributed by atoms with E-state index in [1.165, 1.54) is 5.56 Å². The first-order valence-electron chi connectivity index (χ1n) is 10.2. The summed E-state index contributed by atoms with van der Waals surface area (Å²) in [7, 11) is 0.